The van der Waals surface area contributed by atoms with Gasteiger partial charge in [0.25, 0.3) is 10.0 Å². The number of hydrogen-bond donors (Lipinski definition) is 1. The Labute approximate surface area is 159 Å². The molecule has 0 fully saturated rings. The van der Waals surface area contributed by atoms with Crippen molar-refractivity contribution < 1.29 is 8.42 Å². The summed E-state index contributed by atoms with van der Waals surface area (Å²) in [5, 5.41) is 2.58. The molecular formula is C15H14Cl2N4O2S2. The predicted octanol–water partition coefficient (Wildman–Crippen LogP) is 3.16. The molecule has 0 aliphatic rings. The van der Waals surface area contributed by atoms with Gasteiger partial charge in [0, 0.05) is 23.2 Å². The molecule has 2 N–H and O–H groups in total. The van der Waals surface area contributed by atoms with Crippen molar-refractivity contribution >= 4 is 61.2 Å². The lowest BCUT2D eigenvalue weighted by Gasteiger charge is -2.06. The highest BCUT2D eigenvalue weighted by Gasteiger charge is 2.28. The zero-order valence-corrected chi connectivity index (χ0v) is 16.0. The number of imidazole rings is 1. The molecule has 0 unspecified atom stereocenters. The molecule has 3 aromatic heterocycles. The third-order valence-corrected chi connectivity index (χ3v) is 6.69. The SMILES string of the molecule is Cl.NCCc1cn(S(=O)(=O)c2c(Cl)nc3sccn23)c2ccccc12. The van der Waals surface area contributed by atoms with Gasteiger partial charge in [0.2, 0.25) is 5.03 Å². The van der Waals surface area contributed by atoms with Crippen LogP contribution in [0.2, 0.25) is 5.15 Å². The summed E-state index contributed by atoms with van der Waals surface area (Å²) in [6.07, 6.45) is 3.87. The van der Waals surface area contributed by atoms with Crippen LogP contribution in [0.3, 0.4) is 0 Å². The number of fused-ring (bicyclic) bond motifs is 2. The number of halogens is 2. The van der Waals surface area contributed by atoms with Gasteiger partial charge in [-0.3, -0.25) is 4.40 Å². The van der Waals surface area contributed by atoms with Crippen LogP contribution in [-0.4, -0.2) is 28.3 Å². The van der Waals surface area contributed by atoms with Crippen LogP contribution in [0, 0.1) is 0 Å². The first-order valence-electron chi connectivity index (χ1n) is 7.19. The molecule has 0 spiro atoms. The molecule has 1 aromatic carbocycles. The van der Waals surface area contributed by atoms with E-state index in [2.05, 4.69) is 4.98 Å². The van der Waals surface area contributed by atoms with E-state index in [-0.39, 0.29) is 22.6 Å². The van der Waals surface area contributed by atoms with Crippen LogP contribution in [0.15, 0.2) is 47.1 Å². The number of hydrogen-bond acceptors (Lipinski definition) is 5. The largest absolute Gasteiger partial charge is 0.330 e. The minimum atomic E-state index is -3.90. The van der Waals surface area contributed by atoms with E-state index in [4.69, 9.17) is 17.3 Å². The first-order valence-corrected chi connectivity index (χ1v) is 9.89. The summed E-state index contributed by atoms with van der Waals surface area (Å²) >= 11 is 7.45. The lowest BCUT2D eigenvalue weighted by molar-refractivity contribution is 0.584. The third kappa shape index (κ3) is 2.74. The van der Waals surface area contributed by atoms with E-state index in [0.717, 1.165) is 10.9 Å². The van der Waals surface area contributed by atoms with Crippen LogP contribution in [0.5, 0.6) is 0 Å². The van der Waals surface area contributed by atoms with Crippen molar-refractivity contribution in [3.8, 4) is 0 Å². The van der Waals surface area contributed by atoms with Crippen molar-refractivity contribution in [2.75, 3.05) is 6.54 Å². The summed E-state index contributed by atoms with van der Waals surface area (Å²) < 4.78 is 29.3. The molecule has 3 heterocycles. The van der Waals surface area contributed by atoms with Crippen LogP contribution in [-0.2, 0) is 16.4 Å². The standard InChI is InChI=1S/C15H13ClN4O2S2.ClH/c16-13-14(19-7-8-23-15(19)18-13)24(21,22)20-9-10(5-6-17)11-3-1-2-4-12(11)20;/h1-4,7-9H,5-6,17H2;1H. The van der Waals surface area contributed by atoms with Gasteiger partial charge in [0.15, 0.2) is 10.1 Å². The van der Waals surface area contributed by atoms with Crippen LogP contribution in [0.1, 0.15) is 5.56 Å². The molecule has 0 atom stereocenters. The second-order valence-electron chi connectivity index (χ2n) is 5.27. The van der Waals surface area contributed by atoms with Gasteiger partial charge >= 0.3 is 0 Å². The topological polar surface area (TPSA) is 82.4 Å². The van der Waals surface area contributed by atoms with Gasteiger partial charge in [-0.25, -0.2) is 8.96 Å². The van der Waals surface area contributed by atoms with Crippen LogP contribution in [0.25, 0.3) is 15.9 Å². The Morgan fingerprint density at radius 3 is 2.80 bits per heavy atom. The molecule has 4 rings (SSSR count). The molecule has 0 radical (unpaired) electrons. The molecule has 0 amide bonds. The maximum Gasteiger partial charge on any atom is 0.287 e. The molecule has 132 valence electrons. The Morgan fingerprint density at radius 1 is 1.28 bits per heavy atom. The molecule has 6 nitrogen and oxygen atoms in total. The second kappa shape index (κ2) is 6.62. The highest BCUT2D eigenvalue weighted by atomic mass is 35.5. The van der Waals surface area contributed by atoms with Gasteiger partial charge in [-0.2, -0.15) is 8.42 Å². The van der Waals surface area contributed by atoms with Crippen molar-refractivity contribution in [3.05, 3.63) is 52.8 Å². The first-order chi connectivity index (χ1) is 11.5. The maximum absolute atomic E-state index is 13.3. The fourth-order valence-electron chi connectivity index (χ4n) is 2.83. The Hall–Kier alpha value is -1.58. The molecule has 25 heavy (non-hydrogen) atoms. The summed E-state index contributed by atoms with van der Waals surface area (Å²) in [4.78, 5) is 4.66. The van der Waals surface area contributed by atoms with Crippen molar-refractivity contribution in [2.24, 2.45) is 5.73 Å². The van der Waals surface area contributed by atoms with E-state index in [1.54, 1.807) is 29.9 Å². The number of rotatable bonds is 4. The number of nitrogens with zero attached hydrogens (tertiary/aromatic N) is 3. The van der Waals surface area contributed by atoms with E-state index in [1.165, 1.54) is 19.7 Å². The van der Waals surface area contributed by atoms with E-state index < -0.39 is 10.0 Å². The van der Waals surface area contributed by atoms with Gasteiger partial charge in [0.1, 0.15) is 0 Å². The summed E-state index contributed by atoms with van der Waals surface area (Å²) in [6, 6.07) is 7.35. The van der Waals surface area contributed by atoms with Crippen LogP contribution in [0.4, 0.5) is 0 Å². The Kier molecular flexibility index (Phi) is 4.82. The third-order valence-electron chi connectivity index (χ3n) is 3.86. The lowest BCUT2D eigenvalue weighted by atomic mass is 10.1. The number of nitrogens with two attached hydrogens (primary N) is 1. The fraction of sp³-hybridized carbons (Fsp3) is 0.133. The van der Waals surface area contributed by atoms with Crippen molar-refractivity contribution in [1.82, 2.24) is 13.4 Å². The Morgan fingerprint density at radius 2 is 2.04 bits per heavy atom. The zero-order chi connectivity index (χ0) is 16.9. The van der Waals surface area contributed by atoms with Gasteiger partial charge < -0.3 is 5.73 Å². The molecular weight excluding hydrogens is 403 g/mol. The molecule has 4 aromatic rings. The summed E-state index contributed by atoms with van der Waals surface area (Å²) in [6.45, 7) is 0.441. The molecule has 0 aliphatic carbocycles. The molecule has 0 saturated heterocycles. The Balaban J connectivity index is 0.00000182. The number of benzene rings is 1. The van der Waals surface area contributed by atoms with Gasteiger partial charge in [-0.1, -0.05) is 29.8 Å². The summed E-state index contributed by atoms with van der Waals surface area (Å²) in [7, 11) is -3.90. The van der Waals surface area contributed by atoms with Gasteiger partial charge in [-0.05, 0) is 24.6 Å². The predicted molar refractivity (Wildman–Crippen MR) is 103 cm³/mol. The van der Waals surface area contributed by atoms with Crippen molar-refractivity contribution in [3.63, 3.8) is 0 Å². The number of aromatic nitrogens is 3. The number of para-hydroxylation sites is 1. The smallest absolute Gasteiger partial charge is 0.287 e. The Bertz CT molecular complexity index is 1160. The van der Waals surface area contributed by atoms with E-state index in [0.29, 0.717) is 23.4 Å². The van der Waals surface area contributed by atoms with E-state index >= 15 is 0 Å². The summed E-state index contributed by atoms with van der Waals surface area (Å²) in [5.41, 5.74) is 7.14. The fourth-order valence-corrected chi connectivity index (χ4v) is 5.64. The highest BCUT2D eigenvalue weighted by Crippen LogP contribution is 2.31. The van der Waals surface area contributed by atoms with Crippen molar-refractivity contribution in [2.45, 2.75) is 11.4 Å². The van der Waals surface area contributed by atoms with Crippen molar-refractivity contribution in [1.29, 1.82) is 0 Å². The number of thiazole rings is 1. The summed E-state index contributed by atoms with van der Waals surface area (Å²) in [5.74, 6) is 0. The van der Waals surface area contributed by atoms with Crippen LogP contribution >= 0.6 is 35.3 Å². The quantitative estimate of drug-likeness (QED) is 0.553. The second-order valence-corrected chi connectivity index (χ2v) is 8.24. The monoisotopic (exact) mass is 416 g/mol. The normalized spacial score (nSPS) is 11.9. The average Bonchev–Trinajstić information content (AvgIpc) is 3.20. The molecule has 10 heteroatoms. The molecule has 0 bridgehead atoms. The van der Waals surface area contributed by atoms with Crippen LogP contribution < -0.4 is 5.73 Å². The molecule has 0 aliphatic heterocycles. The minimum absolute atomic E-state index is 0. The first kappa shape index (κ1) is 18.2. The van der Waals surface area contributed by atoms with E-state index in [1.807, 2.05) is 12.1 Å². The van der Waals surface area contributed by atoms with E-state index in [9.17, 15) is 8.42 Å². The minimum Gasteiger partial charge on any atom is -0.330 e. The van der Waals surface area contributed by atoms with Gasteiger partial charge in [0.05, 0.1) is 5.52 Å². The average molecular weight is 417 g/mol. The zero-order valence-electron chi connectivity index (χ0n) is 12.8. The molecule has 0 saturated carbocycles. The lowest BCUT2D eigenvalue weighted by Crippen LogP contribution is -2.14. The van der Waals surface area contributed by atoms with Gasteiger partial charge in [-0.15, -0.1) is 23.7 Å². The maximum atomic E-state index is 13.3. The highest BCUT2D eigenvalue weighted by molar-refractivity contribution is 7.90.